The van der Waals surface area contributed by atoms with Crippen molar-refractivity contribution in [3.63, 3.8) is 0 Å². The molecule has 0 saturated heterocycles. The van der Waals surface area contributed by atoms with Crippen LogP contribution in [0.1, 0.15) is 24.3 Å². The molecule has 1 unspecified atom stereocenters. The van der Waals surface area contributed by atoms with Gasteiger partial charge in [-0.05, 0) is 54.8 Å². The second kappa shape index (κ2) is 12.5. The number of anilines is 1. The summed E-state index contributed by atoms with van der Waals surface area (Å²) in [6.45, 7) is 0. The first-order chi connectivity index (χ1) is 16.7. The summed E-state index contributed by atoms with van der Waals surface area (Å²) in [4.78, 5) is 18.0. The maximum atomic E-state index is 13.7. The van der Waals surface area contributed by atoms with E-state index in [9.17, 15) is 4.79 Å². The molecular formula is C30H29NOS2. The Balaban J connectivity index is 1.55. The molecule has 0 aromatic heterocycles. The summed E-state index contributed by atoms with van der Waals surface area (Å²) in [6.07, 6.45) is 1.69. The average Bonchev–Trinajstić information content (AvgIpc) is 2.90. The Hall–Kier alpha value is -2.95. The SMILES string of the molecule is CN(C(=O)C(CCC(Sc1ccccc1)Sc1ccccc1)c1ccccc1)c1ccccc1. The lowest BCUT2D eigenvalue weighted by molar-refractivity contribution is -0.119. The van der Waals surface area contributed by atoms with Crippen molar-refractivity contribution in [2.24, 2.45) is 0 Å². The van der Waals surface area contributed by atoms with Gasteiger partial charge in [0.1, 0.15) is 0 Å². The molecule has 172 valence electrons. The summed E-state index contributed by atoms with van der Waals surface area (Å²) in [5.41, 5.74) is 1.99. The molecule has 0 bridgehead atoms. The fraction of sp³-hybridized carbons (Fsp3) is 0.167. The van der Waals surface area contributed by atoms with Crippen LogP contribution in [0.4, 0.5) is 5.69 Å². The van der Waals surface area contributed by atoms with Gasteiger partial charge in [-0.3, -0.25) is 4.79 Å². The van der Waals surface area contributed by atoms with Crippen LogP contribution < -0.4 is 4.90 Å². The van der Waals surface area contributed by atoms with Gasteiger partial charge < -0.3 is 4.90 Å². The van der Waals surface area contributed by atoms with Crippen LogP contribution in [0.2, 0.25) is 0 Å². The summed E-state index contributed by atoms with van der Waals surface area (Å²) >= 11 is 3.75. The van der Waals surface area contributed by atoms with Gasteiger partial charge in [-0.2, -0.15) is 0 Å². The fourth-order valence-electron chi connectivity index (χ4n) is 3.88. The number of likely N-dealkylation sites (N-methyl/N-ethyl adjacent to an activating group) is 1. The van der Waals surface area contributed by atoms with E-state index >= 15 is 0 Å². The lowest BCUT2D eigenvalue weighted by Crippen LogP contribution is -2.32. The molecule has 0 fully saturated rings. The third kappa shape index (κ3) is 6.78. The van der Waals surface area contributed by atoms with Crippen LogP contribution in [-0.4, -0.2) is 17.5 Å². The Bertz CT molecular complexity index is 1100. The van der Waals surface area contributed by atoms with Crippen molar-refractivity contribution < 1.29 is 4.79 Å². The van der Waals surface area contributed by atoms with Crippen molar-refractivity contribution >= 4 is 35.1 Å². The molecule has 0 spiro atoms. The number of carbonyl (C=O) groups excluding carboxylic acids is 1. The number of benzene rings is 4. The number of rotatable bonds is 10. The Labute approximate surface area is 211 Å². The van der Waals surface area contributed by atoms with Crippen molar-refractivity contribution in [3.8, 4) is 0 Å². The maximum absolute atomic E-state index is 13.7. The zero-order chi connectivity index (χ0) is 23.6. The highest BCUT2D eigenvalue weighted by molar-refractivity contribution is 8.17. The van der Waals surface area contributed by atoms with Crippen LogP contribution in [0.5, 0.6) is 0 Å². The summed E-state index contributed by atoms with van der Waals surface area (Å²) in [5, 5.41) is 0. The zero-order valence-corrected chi connectivity index (χ0v) is 20.9. The molecule has 4 aromatic carbocycles. The van der Waals surface area contributed by atoms with Gasteiger partial charge in [0.05, 0.1) is 10.5 Å². The van der Waals surface area contributed by atoms with Gasteiger partial charge in [-0.1, -0.05) is 84.9 Å². The minimum Gasteiger partial charge on any atom is -0.315 e. The molecule has 2 nitrogen and oxygen atoms in total. The van der Waals surface area contributed by atoms with Crippen LogP contribution in [-0.2, 0) is 4.79 Å². The normalized spacial score (nSPS) is 11.8. The first kappa shape index (κ1) is 24.2. The largest absolute Gasteiger partial charge is 0.315 e. The first-order valence-corrected chi connectivity index (χ1v) is 13.3. The lowest BCUT2D eigenvalue weighted by atomic mass is 9.93. The second-order valence-corrected chi connectivity index (χ2v) is 10.9. The first-order valence-electron chi connectivity index (χ1n) is 11.5. The molecular weight excluding hydrogens is 454 g/mol. The number of para-hydroxylation sites is 1. The Morgan fingerprint density at radius 3 is 1.59 bits per heavy atom. The van der Waals surface area contributed by atoms with Crippen LogP contribution >= 0.6 is 23.5 Å². The number of nitrogens with zero attached hydrogens (tertiary/aromatic N) is 1. The van der Waals surface area contributed by atoms with Gasteiger partial charge in [-0.15, -0.1) is 23.5 Å². The molecule has 1 amide bonds. The van der Waals surface area contributed by atoms with Gasteiger partial charge in [0.2, 0.25) is 5.91 Å². The molecule has 0 heterocycles. The van der Waals surface area contributed by atoms with Crippen molar-refractivity contribution in [2.75, 3.05) is 11.9 Å². The van der Waals surface area contributed by atoms with E-state index < -0.39 is 0 Å². The smallest absolute Gasteiger partial charge is 0.234 e. The molecule has 4 rings (SSSR count). The molecule has 0 radical (unpaired) electrons. The molecule has 0 N–H and O–H groups in total. The van der Waals surface area contributed by atoms with E-state index in [0.717, 1.165) is 24.1 Å². The van der Waals surface area contributed by atoms with E-state index in [0.29, 0.717) is 4.58 Å². The van der Waals surface area contributed by atoms with E-state index in [1.54, 1.807) is 4.90 Å². The summed E-state index contributed by atoms with van der Waals surface area (Å²) in [5.74, 6) is -0.0628. The highest BCUT2D eigenvalue weighted by Gasteiger charge is 2.26. The van der Waals surface area contributed by atoms with Crippen molar-refractivity contribution in [3.05, 3.63) is 127 Å². The topological polar surface area (TPSA) is 20.3 Å². The monoisotopic (exact) mass is 483 g/mol. The van der Waals surface area contributed by atoms with Gasteiger partial charge in [0.15, 0.2) is 0 Å². The second-order valence-electron chi connectivity index (χ2n) is 8.06. The van der Waals surface area contributed by atoms with Crippen molar-refractivity contribution in [2.45, 2.75) is 33.1 Å². The molecule has 0 aliphatic heterocycles. The zero-order valence-electron chi connectivity index (χ0n) is 19.3. The van der Waals surface area contributed by atoms with E-state index in [-0.39, 0.29) is 11.8 Å². The molecule has 34 heavy (non-hydrogen) atoms. The number of amides is 1. The standard InChI is InChI=1S/C30H29NOS2/c1-31(25-16-8-3-9-17-25)30(32)28(24-14-6-2-7-15-24)22-23-29(33-26-18-10-4-11-19-26)34-27-20-12-5-13-21-27/h2-21,28-29H,22-23H2,1H3. The summed E-state index contributed by atoms with van der Waals surface area (Å²) < 4.78 is 0.297. The minimum absolute atomic E-state index is 0.130. The predicted octanol–water partition coefficient (Wildman–Crippen LogP) is 8.12. The minimum atomic E-state index is -0.193. The maximum Gasteiger partial charge on any atom is 0.234 e. The fourth-order valence-corrected chi connectivity index (χ4v) is 6.48. The van der Waals surface area contributed by atoms with Crippen LogP contribution in [0.3, 0.4) is 0 Å². The Morgan fingerprint density at radius 1 is 0.647 bits per heavy atom. The number of hydrogen-bond acceptors (Lipinski definition) is 3. The van der Waals surface area contributed by atoms with E-state index in [1.165, 1.54) is 9.79 Å². The molecule has 4 heteroatoms. The molecule has 1 atom stereocenters. The van der Waals surface area contributed by atoms with Crippen molar-refractivity contribution in [1.82, 2.24) is 0 Å². The summed E-state index contributed by atoms with van der Waals surface area (Å²) in [6, 6.07) is 41.1. The Morgan fingerprint density at radius 2 is 1.09 bits per heavy atom. The van der Waals surface area contributed by atoms with E-state index in [2.05, 4.69) is 60.7 Å². The average molecular weight is 484 g/mol. The van der Waals surface area contributed by atoms with Gasteiger partial charge in [0.25, 0.3) is 0 Å². The number of hydrogen-bond donors (Lipinski definition) is 0. The quantitative estimate of drug-likeness (QED) is 0.168. The van der Waals surface area contributed by atoms with Gasteiger partial charge in [-0.25, -0.2) is 0 Å². The lowest BCUT2D eigenvalue weighted by Gasteiger charge is -2.26. The molecule has 4 aromatic rings. The highest BCUT2D eigenvalue weighted by Crippen LogP contribution is 2.40. The third-order valence-electron chi connectivity index (χ3n) is 5.69. The van der Waals surface area contributed by atoms with Crippen molar-refractivity contribution in [1.29, 1.82) is 0 Å². The Kier molecular flexibility index (Phi) is 8.89. The molecule has 0 aliphatic carbocycles. The predicted molar refractivity (Wildman–Crippen MR) is 147 cm³/mol. The van der Waals surface area contributed by atoms with Crippen LogP contribution in [0, 0.1) is 0 Å². The van der Waals surface area contributed by atoms with E-state index in [4.69, 9.17) is 0 Å². The summed E-state index contributed by atoms with van der Waals surface area (Å²) in [7, 11) is 1.88. The number of thioether (sulfide) groups is 2. The van der Waals surface area contributed by atoms with Crippen LogP contribution in [0.25, 0.3) is 0 Å². The molecule has 0 aliphatic rings. The van der Waals surface area contributed by atoms with Crippen LogP contribution in [0.15, 0.2) is 131 Å². The number of carbonyl (C=O) groups is 1. The highest BCUT2D eigenvalue weighted by atomic mass is 32.2. The van der Waals surface area contributed by atoms with Gasteiger partial charge in [0, 0.05) is 22.5 Å². The van der Waals surface area contributed by atoms with Gasteiger partial charge >= 0.3 is 0 Å². The third-order valence-corrected chi connectivity index (χ3v) is 8.35. The van der Waals surface area contributed by atoms with E-state index in [1.807, 2.05) is 91.2 Å². The molecule has 0 saturated carbocycles.